The van der Waals surface area contributed by atoms with Crippen LogP contribution in [0.5, 0.6) is 0 Å². The lowest BCUT2D eigenvalue weighted by Gasteiger charge is -2.23. The second kappa shape index (κ2) is 6.00. The summed E-state index contributed by atoms with van der Waals surface area (Å²) < 4.78 is 2.98. The van der Waals surface area contributed by atoms with Gasteiger partial charge in [-0.1, -0.05) is 13.3 Å². The quantitative estimate of drug-likeness (QED) is 0.851. The van der Waals surface area contributed by atoms with Crippen LogP contribution in [-0.4, -0.2) is 21.7 Å². The molecule has 2 heterocycles. The maximum Gasteiger partial charge on any atom is 0.331 e. The first kappa shape index (κ1) is 13.1. The molecule has 0 aromatic carbocycles. The van der Waals surface area contributed by atoms with Gasteiger partial charge in [-0.25, -0.2) is 4.79 Å². The van der Waals surface area contributed by atoms with E-state index in [1.165, 1.54) is 23.5 Å². The Morgan fingerprint density at radius 2 is 2.22 bits per heavy atom. The van der Waals surface area contributed by atoms with E-state index in [1.54, 1.807) is 10.8 Å². The van der Waals surface area contributed by atoms with Crippen LogP contribution >= 0.6 is 0 Å². The molecule has 1 unspecified atom stereocenters. The molecular formula is C13H21N3O2. The molecule has 1 aliphatic rings. The molecule has 5 heteroatoms. The molecule has 100 valence electrons. The van der Waals surface area contributed by atoms with Crippen molar-refractivity contribution in [2.24, 2.45) is 0 Å². The molecule has 1 N–H and O–H groups in total. The van der Waals surface area contributed by atoms with E-state index in [1.807, 2.05) is 6.92 Å². The summed E-state index contributed by atoms with van der Waals surface area (Å²) >= 11 is 0. The average Bonchev–Trinajstić information content (AvgIpc) is 2.39. The number of nitrogens with one attached hydrogen (secondary N) is 1. The molecule has 2 rings (SSSR count). The Hall–Kier alpha value is -1.36. The van der Waals surface area contributed by atoms with Gasteiger partial charge in [0, 0.05) is 31.4 Å². The zero-order valence-electron chi connectivity index (χ0n) is 10.9. The van der Waals surface area contributed by atoms with E-state index in [2.05, 4.69) is 5.32 Å². The lowest BCUT2D eigenvalue weighted by molar-refractivity contribution is 0.350. The molecule has 18 heavy (non-hydrogen) atoms. The van der Waals surface area contributed by atoms with Gasteiger partial charge in [0.15, 0.2) is 0 Å². The number of hydrogen-bond donors (Lipinski definition) is 1. The van der Waals surface area contributed by atoms with E-state index in [0.717, 1.165) is 19.4 Å². The van der Waals surface area contributed by atoms with Crippen LogP contribution in [0, 0.1) is 0 Å². The summed E-state index contributed by atoms with van der Waals surface area (Å²) in [6.45, 7) is 4.15. The number of hydrogen-bond acceptors (Lipinski definition) is 3. The molecule has 0 saturated carbocycles. The maximum absolute atomic E-state index is 12.2. The SMILES string of the molecule is CCCn1ccc(=O)n(CC2CCCCN2)c1=O. The number of nitrogens with zero attached hydrogens (tertiary/aromatic N) is 2. The van der Waals surface area contributed by atoms with E-state index in [0.29, 0.717) is 13.1 Å². The number of piperidine rings is 1. The number of aryl methyl sites for hydroxylation is 1. The van der Waals surface area contributed by atoms with Crippen molar-refractivity contribution in [2.75, 3.05) is 6.54 Å². The van der Waals surface area contributed by atoms with Crippen LogP contribution in [0.1, 0.15) is 32.6 Å². The monoisotopic (exact) mass is 251 g/mol. The lowest BCUT2D eigenvalue weighted by atomic mass is 10.1. The van der Waals surface area contributed by atoms with Crippen molar-refractivity contribution in [3.8, 4) is 0 Å². The first-order valence-corrected chi connectivity index (χ1v) is 6.76. The van der Waals surface area contributed by atoms with Crippen LogP contribution in [0.4, 0.5) is 0 Å². The second-order valence-corrected chi connectivity index (χ2v) is 4.89. The Morgan fingerprint density at radius 3 is 2.89 bits per heavy atom. The van der Waals surface area contributed by atoms with E-state index in [9.17, 15) is 9.59 Å². The minimum absolute atomic E-state index is 0.184. The third-order valence-corrected chi connectivity index (χ3v) is 3.42. The highest BCUT2D eigenvalue weighted by Gasteiger charge is 2.15. The molecule has 1 saturated heterocycles. The third kappa shape index (κ3) is 2.90. The van der Waals surface area contributed by atoms with E-state index in [4.69, 9.17) is 0 Å². The highest BCUT2D eigenvalue weighted by molar-refractivity contribution is 4.88. The van der Waals surface area contributed by atoms with Gasteiger partial charge in [-0.2, -0.15) is 0 Å². The Kier molecular flexibility index (Phi) is 4.36. The zero-order chi connectivity index (χ0) is 13.0. The topological polar surface area (TPSA) is 56.0 Å². The molecule has 0 aliphatic carbocycles. The Labute approximate surface area is 106 Å². The minimum Gasteiger partial charge on any atom is -0.312 e. The fourth-order valence-electron chi connectivity index (χ4n) is 2.44. The van der Waals surface area contributed by atoms with Gasteiger partial charge in [0.05, 0.1) is 0 Å². The molecule has 1 atom stereocenters. The molecule has 1 aliphatic heterocycles. The first-order chi connectivity index (χ1) is 8.72. The number of aromatic nitrogens is 2. The average molecular weight is 251 g/mol. The van der Waals surface area contributed by atoms with Crippen molar-refractivity contribution in [3.05, 3.63) is 33.1 Å². The summed E-state index contributed by atoms with van der Waals surface area (Å²) in [7, 11) is 0. The van der Waals surface area contributed by atoms with E-state index >= 15 is 0 Å². The van der Waals surface area contributed by atoms with E-state index < -0.39 is 0 Å². The molecule has 1 fully saturated rings. The molecule has 0 spiro atoms. The van der Waals surface area contributed by atoms with Gasteiger partial charge in [0.25, 0.3) is 5.56 Å². The van der Waals surface area contributed by atoms with Crippen LogP contribution < -0.4 is 16.6 Å². The Balaban J connectivity index is 2.22. The van der Waals surface area contributed by atoms with Crippen LogP contribution in [0.2, 0.25) is 0 Å². The normalized spacial score (nSPS) is 19.9. The molecule has 0 amide bonds. The lowest BCUT2D eigenvalue weighted by Crippen LogP contribution is -2.46. The van der Waals surface area contributed by atoms with E-state index in [-0.39, 0.29) is 17.3 Å². The van der Waals surface area contributed by atoms with Gasteiger partial charge in [-0.05, 0) is 25.8 Å². The van der Waals surface area contributed by atoms with Gasteiger partial charge >= 0.3 is 5.69 Å². The van der Waals surface area contributed by atoms with Gasteiger partial charge in [-0.3, -0.25) is 9.36 Å². The molecule has 0 bridgehead atoms. The summed E-state index contributed by atoms with van der Waals surface area (Å²) in [6, 6.07) is 1.74. The van der Waals surface area contributed by atoms with Crippen molar-refractivity contribution in [3.63, 3.8) is 0 Å². The van der Waals surface area contributed by atoms with Gasteiger partial charge < -0.3 is 9.88 Å². The molecule has 1 aromatic heterocycles. The standard InChI is InChI=1S/C13H21N3O2/c1-2-8-15-9-6-12(17)16(13(15)18)10-11-5-3-4-7-14-11/h6,9,11,14H,2-5,7-8,10H2,1H3. The van der Waals surface area contributed by atoms with Crippen molar-refractivity contribution in [2.45, 2.75) is 51.7 Å². The zero-order valence-corrected chi connectivity index (χ0v) is 10.9. The van der Waals surface area contributed by atoms with Crippen LogP contribution in [0.3, 0.4) is 0 Å². The third-order valence-electron chi connectivity index (χ3n) is 3.42. The van der Waals surface area contributed by atoms with Gasteiger partial charge in [0.2, 0.25) is 0 Å². The molecule has 1 aromatic rings. The highest BCUT2D eigenvalue weighted by Crippen LogP contribution is 2.07. The summed E-state index contributed by atoms with van der Waals surface area (Å²) in [5.41, 5.74) is -0.378. The summed E-state index contributed by atoms with van der Waals surface area (Å²) in [5, 5.41) is 3.37. The summed E-state index contributed by atoms with van der Waals surface area (Å²) in [5.74, 6) is 0. The fraction of sp³-hybridized carbons (Fsp3) is 0.692. The van der Waals surface area contributed by atoms with Crippen molar-refractivity contribution in [1.82, 2.24) is 14.5 Å². The van der Waals surface area contributed by atoms with Crippen LogP contribution in [0.25, 0.3) is 0 Å². The van der Waals surface area contributed by atoms with Crippen LogP contribution in [0.15, 0.2) is 21.9 Å². The molecule has 5 nitrogen and oxygen atoms in total. The van der Waals surface area contributed by atoms with Gasteiger partial charge in [-0.15, -0.1) is 0 Å². The summed E-state index contributed by atoms with van der Waals surface area (Å²) in [6.07, 6.45) is 5.87. The minimum atomic E-state index is -0.195. The van der Waals surface area contributed by atoms with Crippen molar-refractivity contribution in [1.29, 1.82) is 0 Å². The first-order valence-electron chi connectivity index (χ1n) is 6.76. The Bertz CT molecular complexity index is 498. The predicted octanol–water partition coefficient (Wildman–Crippen LogP) is 0.562. The van der Waals surface area contributed by atoms with Crippen LogP contribution in [-0.2, 0) is 13.1 Å². The summed E-state index contributed by atoms with van der Waals surface area (Å²) in [4.78, 5) is 23.9. The molecule has 0 radical (unpaired) electrons. The predicted molar refractivity (Wildman–Crippen MR) is 70.9 cm³/mol. The number of rotatable bonds is 4. The van der Waals surface area contributed by atoms with Gasteiger partial charge in [0.1, 0.15) is 0 Å². The second-order valence-electron chi connectivity index (χ2n) is 4.89. The van der Waals surface area contributed by atoms with Crippen molar-refractivity contribution < 1.29 is 0 Å². The smallest absolute Gasteiger partial charge is 0.312 e. The maximum atomic E-state index is 12.2. The fourth-order valence-corrected chi connectivity index (χ4v) is 2.44. The highest BCUT2D eigenvalue weighted by atomic mass is 16.2. The Morgan fingerprint density at radius 1 is 1.39 bits per heavy atom. The van der Waals surface area contributed by atoms with Crippen molar-refractivity contribution >= 4 is 0 Å². The largest absolute Gasteiger partial charge is 0.331 e. The molecular weight excluding hydrogens is 230 g/mol.